The summed E-state index contributed by atoms with van der Waals surface area (Å²) in [5.41, 5.74) is 1.67. The van der Waals surface area contributed by atoms with Crippen molar-refractivity contribution in [2.45, 2.75) is 39.0 Å². The van der Waals surface area contributed by atoms with E-state index in [1.165, 1.54) is 19.3 Å². The van der Waals surface area contributed by atoms with Gasteiger partial charge >= 0.3 is 11.9 Å². The molecule has 0 saturated carbocycles. The van der Waals surface area contributed by atoms with Crippen LogP contribution in [0.5, 0.6) is 0 Å². The van der Waals surface area contributed by atoms with E-state index in [1.807, 2.05) is 18.2 Å². The molecule has 0 spiro atoms. The monoisotopic (exact) mass is 397 g/mol. The number of hydrogen-bond donors (Lipinski definition) is 0. The molecule has 1 aliphatic heterocycles. The Bertz CT molecular complexity index is 566. The minimum atomic E-state index is -1.04. The average molecular weight is 398 g/mol. The van der Waals surface area contributed by atoms with E-state index in [0.717, 1.165) is 23.2 Å². The van der Waals surface area contributed by atoms with Crippen molar-refractivity contribution >= 4 is 33.6 Å². The first-order valence-electron chi connectivity index (χ1n) is 8.46. The number of halogens is 1. The Kier molecular flexibility index (Phi) is 7.09. The molecular formula is C18H24BrNO4. The van der Waals surface area contributed by atoms with Crippen LogP contribution in [-0.4, -0.2) is 38.2 Å². The van der Waals surface area contributed by atoms with Crippen LogP contribution in [0.15, 0.2) is 22.7 Å². The highest BCUT2D eigenvalue weighted by Crippen LogP contribution is 2.32. The van der Waals surface area contributed by atoms with E-state index < -0.39 is 17.9 Å². The number of piperidine rings is 1. The van der Waals surface area contributed by atoms with Crippen LogP contribution in [0, 0.1) is 0 Å². The average Bonchev–Trinajstić information content (AvgIpc) is 2.56. The summed E-state index contributed by atoms with van der Waals surface area (Å²) in [7, 11) is 0. The number of carbonyl (C=O) groups excluding carboxylic acids is 2. The van der Waals surface area contributed by atoms with Crippen molar-refractivity contribution in [1.29, 1.82) is 0 Å². The molecule has 132 valence electrons. The zero-order valence-electron chi connectivity index (χ0n) is 14.2. The maximum Gasteiger partial charge on any atom is 0.324 e. The van der Waals surface area contributed by atoms with E-state index in [4.69, 9.17) is 9.47 Å². The number of nitrogens with zero attached hydrogens (tertiary/aromatic N) is 1. The molecule has 24 heavy (non-hydrogen) atoms. The molecule has 0 aromatic heterocycles. The summed E-state index contributed by atoms with van der Waals surface area (Å²) < 4.78 is 11.0. The molecule has 5 nitrogen and oxygen atoms in total. The van der Waals surface area contributed by atoms with Gasteiger partial charge in [-0.15, -0.1) is 0 Å². The van der Waals surface area contributed by atoms with Crippen molar-refractivity contribution in [2.24, 2.45) is 0 Å². The van der Waals surface area contributed by atoms with Gasteiger partial charge in [-0.25, -0.2) is 0 Å². The predicted molar refractivity (Wildman–Crippen MR) is 96.2 cm³/mol. The number of esters is 2. The number of rotatable bonds is 6. The fourth-order valence-corrected chi connectivity index (χ4v) is 3.56. The maximum atomic E-state index is 12.2. The van der Waals surface area contributed by atoms with Gasteiger partial charge in [0.25, 0.3) is 0 Å². The van der Waals surface area contributed by atoms with E-state index in [-0.39, 0.29) is 13.2 Å². The Morgan fingerprint density at radius 1 is 1.08 bits per heavy atom. The number of carbonyl (C=O) groups is 2. The molecule has 0 aliphatic carbocycles. The fraction of sp³-hybridized carbons (Fsp3) is 0.556. The second kappa shape index (κ2) is 9.06. The molecule has 2 rings (SSSR count). The van der Waals surface area contributed by atoms with Crippen LogP contribution in [0.3, 0.4) is 0 Å². The molecule has 6 heteroatoms. The summed E-state index contributed by atoms with van der Waals surface area (Å²) in [5, 5.41) is 0. The van der Waals surface area contributed by atoms with Crippen molar-refractivity contribution in [3.8, 4) is 0 Å². The minimum absolute atomic E-state index is 0.224. The third-order valence-electron chi connectivity index (χ3n) is 4.05. The summed E-state index contributed by atoms with van der Waals surface area (Å²) in [6.07, 6.45) is 3.63. The lowest BCUT2D eigenvalue weighted by molar-refractivity contribution is -0.156. The van der Waals surface area contributed by atoms with Gasteiger partial charge in [0.05, 0.1) is 18.9 Å². The summed E-state index contributed by atoms with van der Waals surface area (Å²) in [6, 6.07) is 5.59. The SMILES string of the molecule is CCOC(=O)C(C(=O)OCC)c1ccc(N2CCCCC2)c(Br)c1. The highest BCUT2D eigenvalue weighted by molar-refractivity contribution is 9.10. The van der Waals surface area contributed by atoms with Crippen LogP contribution >= 0.6 is 15.9 Å². The van der Waals surface area contributed by atoms with Gasteiger partial charge in [0, 0.05) is 17.6 Å². The molecule has 1 aliphatic rings. The third kappa shape index (κ3) is 4.50. The number of hydrogen-bond acceptors (Lipinski definition) is 5. The topological polar surface area (TPSA) is 55.8 Å². The first-order chi connectivity index (χ1) is 11.6. The van der Waals surface area contributed by atoms with Crippen LogP contribution in [0.1, 0.15) is 44.6 Å². The molecule has 1 fully saturated rings. The zero-order valence-corrected chi connectivity index (χ0v) is 15.8. The van der Waals surface area contributed by atoms with Crippen molar-refractivity contribution < 1.29 is 19.1 Å². The van der Waals surface area contributed by atoms with Gasteiger partial charge in [-0.2, -0.15) is 0 Å². The maximum absolute atomic E-state index is 12.2. The Morgan fingerprint density at radius 2 is 1.67 bits per heavy atom. The minimum Gasteiger partial charge on any atom is -0.465 e. The van der Waals surface area contributed by atoms with Crippen LogP contribution in [0.25, 0.3) is 0 Å². The first-order valence-corrected chi connectivity index (χ1v) is 9.25. The van der Waals surface area contributed by atoms with Gasteiger partial charge in [-0.3, -0.25) is 9.59 Å². The lowest BCUT2D eigenvalue weighted by Crippen LogP contribution is -2.30. The molecule has 0 N–H and O–H groups in total. The number of benzene rings is 1. The molecular weight excluding hydrogens is 374 g/mol. The fourth-order valence-electron chi connectivity index (χ4n) is 2.91. The third-order valence-corrected chi connectivity index (χ3v) is 4.68. The molecule has 0 unspecified atom stereocenters. The molecule has 1 saturated heterocycles. The summed E-state index contributed by atoms with van der Waals surface area (Å²) in [5.74, 6) is -2.20. The lowest BCUT2D eigenvalue weighted by atomic mass is 9.98. The Morgan fingerprint density at radius 3 is 2.17 bits per heavy atom. The van der Waals surface area contributed by atoms with E-state index >= 15 is 0 Å². The van der Waals surface area contributed by atoms with Crippen molar-refractivity contribution in [2.75, 3.05) is 31.2 Å². The second-order valence-electron chi connectivity index (χ2n) is 5.70. The summed E-state index contributed by atoms with van der Waals surface area (Å²) in [4.78, 5) is 26.7. The van der Waals surface area contributed by atoms with Gasteiger partial charge < -0.3 is 14.4 Å². The first kappa shape index (κ1) is 18.8. The summed E-state index contributed by atoms with van der Waals surface area (Å²) >= 11 is 3.58. The van der Waals surface area contributed by atoms with Gasteiger partial charge in [0.2, 0.25) is 0 Å². The Hall–Kier alpha value is -1.56. The Balaban J connectivity index is 2.27. The van der Waals surface area contributed by atoms with Crippen LogP contribution in [-0.2, 0) is 19.1 Å². The molecule has 1 heterocycles. The lowest BCUT2D eigenvalue weighted by Gasteiger charge is -2.30. The molecule has 1 aromatic rings. The normalized spacial score (nSPS) is 14.6. The summed E-state index contributed by atoms with van der Waals surface area (Å²) in [6.45, 7) is 5.93. The van der Waals surface area contributed by atoms with Crippen molar-refractivity contribution in [3.05, 3.63) is 28.2 Å². The molecule has 1 aromatic carbocycles. The second-order valence-corrected chi connectivity index (χ2v) is 6.55. The van der Waals surface area contributed by atoms with Gasteiger partial charge in [-0.05, 0) is 66.7 Å². The number of ether oxygens (including phenoxy) is 2. The van der Waals surface area contributed by atoms with Gasteiger partial charge in [0.1, 0.15) is 0 Å². The van der Waals surface area contributed by atoms with Crippen LogP contribution < -0.4 is 4.90 Å². The zero-order chi connectivity index (χ0) is 17.5. The van der Waals surface area contributed by atoms with Crippen molar-refractivity contribution in [3.63, 3.8) is 0 Å². The van der Waals surface area contributed by atoms with Crippen LogP contribution in [0.4, 0.5) is 5.69 Å². The van der Waals surface area contributed by atoms with Crippen LogP contribution in [0.2, 0.25) is 0 Å². The van der Waals surface area contributed by atoms with Crippen molar-refractivity contribution in [1.82, 2.24) is 0 Å². The van der Waals surface area contributed by atoms with E-state index in [2.05, 4.69) is 20.8 Å². The standard InChI is InChI=1S/C18H24BrNO4/c1-3-23-17(21)16(18(22)24-4-2)13-8-9-15(14(19)12-13)20-10-6-5-7-11-20/h8-9,12,16H,3-7,10-11H2,1-2H3. The highest BCUT2D eigenvalue weighted by atomic mass is 79.9. The molecule has 0 amide bonds. The van der Waals surface area contributed by atoms with Gasteiger partial charge in [-0.1, -0.05) is 6.07 Å². The van der Waals surface area contributed by atoms with E-state index in [0.29, 0.717) is 5.56 Å². The number of anilines is 1. The molecule has 0 radical (unpaired) electrons. The molecule has 0 atom stereocenters. The van der Waals surface area contributed by atoms with Gasteiger partial charge in [0.15, 0.2) is 5.92 Å². The quantitative estimate of drug-likeness (QED) is 0.541. The predicted octanol–water partition coefficient (Wildman–Crippen LogP) is 3.65. The van der Waals surface area contributed by atoms with E-state index in [9.17, 15) is 9.59 Å². The smallest absolute Gasteiger partial charge is 0.324 e. The molecule has 0 bridgehead atoms. The highest BCUT2D eigenvalue weighted by Gasteiger charge is 2.32. The largest absolute Gasteiger partial charge is 0.465 e. The van der Waals surface area contributed by atoms with E-state index in [1.54, 1.807) is 13.8 Å². The Labute approximate surface area is 151 Å².